The maximum absolute atomic E-state index is 12.4. The predicted octanol–water partition coefficient (Wildman–Crippen LogP) is 3.85. The van der Waals surface area contributed by atoms with Crippen LogP contribution in [0.3, 0.4) is 0 Å². The van der Waals surface area contributed by atoms with Crippen molar-refractivity contribution in [3.63, 3.8) is 0 Å². The van der Waals surface area contributed by atoms with E-state index >= 15 is 0 Å². The lowest BCUT2D eigenvalue weighted by Gasteiger charge is -2.31. The lowest BCUT2D eigenvalue weighted by atomic mass is 9.92. The third-order valence-corrected chi connectivity index (χ3v) is 6.93. The highest BCUT2D eigenvalue weighted by Gasteiger charge is 2.24. The van der Waals surface area contributed by atoms with Gasteiger partial charge in [-0.15, -0.1) is 0 Å². The molecule has 2 amide bonds. The molecule has 3 aromatic rings. The second kappa shape index (κ2) is 12.4. The van der Waals surface area contributed by atoms with E-state index in [1.54, 1.807) is 17.0 Å². The van der Waals surface area contributed by atoms with Gasteiger partial charge in [0.05, 0.1) is 24.6 Å². The van der Waals surface area contributed by atoms with Gasteiger partial charge in [0.2, 0.25) is 0 Å². The summed E-state index contributed by atoms with van der Waals surface area (Å²) in [6.07, 6.45) is 3.59. The van der Waals surface area contributed by atoms with E-state index in [9.17, 15) is 14.4 Å². The van der Waals surface area contributed by atoms with Crippen LogP contribution < -0.4 is 5.32 Å². The number of ether oxygens (including phenoxy) is 2. The van der Waals surface area contributed by atoms with Crippen LogP contribution in [-0.2, 0) is 34.3 Å². The Bertz CT molecular complexity index is 1230. The second-order valence-corrected chi connectivity index (χ2v) is 9.38. The number of methoxy groups -OCH3 is 1. The van der Waals surface area contributed by atoms with Crippen molar-refractivity contribution in [2.24, 2.45) is 13.0 Å². The van der Waals surface area contributed by atoms with Crippen molar-refractivity contribution >= 4 is 29.0 Å². The molecule has 2 aromatic carbocycles. The van der Waals surface area contributed by atoms with Gasteiger partial charge in [0.1, 0.15) is 12.4 Å². The fourth-order valence-corrected chi connectivity index (χ4v) is 4.64. The first-order chi connectivity index (χ1) is 17.9. The van der Waals surface area contributed by atoms with Gasteiger partial charge in [-0.3, -0.25) is 9.59 Å². The first-order valence-electron chi connectivity index (χ1n) is 12.7. The van der Waals surface area contributed by atoms with Crippen LogP contribution in [0.5, 0.6) is 0 Å². The fourth-order valence-electron chi connectivity index (χ4n) is 4.64. The summed E-state index contributed by atoms with van der Waals surface area (Å²) in [5, 5.41) is 2.73. The number of carbonyl (C=O) groups excluding carboxylic acids is 3. The van der Waals surface area contributed by atoms with Gasteiger partial charge in [0.15, 0.2) is 0 Å². The van der Waals surface area contributed by atoms with Crippen LogP contribution in [-0.4, -0.2) is 59.2 Å². The van der Waals surface area contributed by atoms with E-state index in [2.05, 4.69) is 14.6 Å². The number of benzene rings is 2. The largest absolute Gasteiger partial charge is 0.469 e. The maximum atomic E-state index is 12.4. The van der Waals surface area contributed by atoms with Crippen molar-refractivity contribution in [2.45, 2.75) is 38.7 Å². The highest BCUT2D eigenvalue weighted by atomic mass is 16.6. The molecule has 1 aromatic heterocycles. The van der Waals surface area contributed by atoms with E-state index in [0.717, 1.165) is 48.1 Å². The van der Waals surface area contributed by atoms with Crippen molar-refractivity contribution < 1.29 is 23.9 Å². The molecule has 1 saturated heterocycles. The number of hydrogen-bond donors (Lipinski definition) is 1. The van der Waals surface area contributed by atoms with Gasteiger partial charge < -0.3 is 24.3 Å². The Hall–Kier alpha value is -3.88. The lowest BCUT2D eigenvalue weighted by molar-refractivity contribution is -0.140. The van der Waals surface area contributed by atoms with Gasteiger partial charge in [-0.1, -0.05) is 30.3 Å². The minimum atomic E-state index is -0.362. The summed E-state index contributed by atoms with van der Waals surface area (Å²) in [6, 6.07) is 15.2. The number of fused-ring (bicyclic) bond motifs is 1. The molecule has 4 rings (SSSR count). The van der Waals surface area contributed by atoms with Crippen LogP contribution >= 0.6 is 0 Å². The van der Waals surface area contributed by atoms with Crippen molar-refractivity contribution in [2.75, 3.05) is 26.7 Å². The number of aryl methyl sites for hydroxylation is 2. The zero-order valence-corrected chi connectivity index (χ0v) is 21.4. The Morgan fingerprint density at radius 1 is 1.08 bits per heavy atom. The average Bonchev–Trinajstić information content (AvgIpc) is 3.25. The Labute approximate surface area is 216 Å². The number of likely N-dealkylation sites (tertiary alicyclic amines) is 1. The lowest BCUT2D eigenvalue weighted by Crippen LogP contribution is -2.38. The standard InChI is InChI=1S/C28H34N4O5/c1-31-24-10-9-22(27(34)29-15-12-26(33)36-2)18-23(24)30-25(31)11-8-20-13-16-32(17-14-20)28(35)37-19-21-6-4-3-5-7-21/h3-7,9-10,18,20H,8,11-17,19H2,1-2H3,(H,29,34). The average molecular weight is 507 g/mol. The van der Waals surface area contributed by atoms with Crippen molar-refractivity contribution in [1.82, 2.24) is 19.8 Å². The van der Waals surface area contributed by atoms with E-state index in [4.69, 9.17) is 9.72 Å². The van der Waals surface area contributed by atoms with Crippen molar-refractivity contribution in [1.29, 1.82) is 0 Å². The Morgan fingerprint density at radius 3 is 2.57 bits per heavy atom. The number of esters is 1. The number of rotatable bonds is 9. The van der Waals surface area contributed by atoms with Gasteiger partial charge in [0.25, 0.3) is 5.91 Å². The molecule has 0 saturated carbocycles. The first kappa shape index (κ1) is 26.2. The third-order valence-electron chi connectivity index (χ3n) is 6.93. The van der Waals surface area contributed by atoms with Gasteiger partial charge in [-0.25, -0.2) is 9.78 Å². The number of aromatic nitrogens is 2. The van der Waals surface area contributed by atoms with E-state index < -0.39 is 0 Å². The van der Waals surface area contributed by atoms with Gasteiger partial charge in [-0.05, 0) is 48.9 Å². The maximum Gasteiger partial charge on any atom is 0.410 e. The molecule has 196 valence electrons. The van der Waals surface area contributed by atoms with E-state index in [1.165, 1.54) is 7.11 Å². The van der Waals surface area contributed by atoms with Gasteiger partial charge in [0, 0.05) is 38.7 Å². The minimum Gasteiger partial charge on any atom is -0.469 e. The van der Waals surface area contributed by atoms with Crippen LogP contribution in [0.15, 0.2) is 48.5 Å². The van der Waals surface area contributed by atoms with E-state index in [1.807, 2.05) is 43.4 Å². The monoisotopic (exact) mass is 506 g/mol. The summed E-state index contributed by atoms with van der Waals surface area (Å²) in [5.41, 5.74) is 3.24. The molecule has 0 aliphatic carbocycles. The molecular formula is C28H34N4O5. The number of amides is 2. The Balaban J connectivity index is 1.25. The summed E-state index contributed by atoms with van der Waals surface area (Å²) >= 11 is 0. The highest BCUT2D eigenvalue weighted by molar-refractivity contribution is 5.97. The summed E-state index contributed by atoms with van der Waals surface area (Å²) in [4.78, 5) is 42.7. The molecule has 1 aliphatic heterocycles. The third kappa shape index (κ3) is 6.87. The molecule has 9 nitrogen and oxygen atoms in total. The predicted molar refractivity (Wildman–Crippen MR) is 139 cm³/mol. The molecule has 1 aliphatic rings. The molecule has 9 heteroatoms. The summed E-state index contributed by atoms with van der Waals surface area (Å²) in [7, 11) is 3.32. The quantitative estimate of drug-likeness (QED) is 0.442. The van der Waals surface area contributed by atoms with Crippen LogP contribution in [0, 0.1) is 5.92 Å². The van der Waals surface area contributed by atoms with E-state index in [0.29, 0.717) is 31.2 Å². The SMILES string of the molecule is COC(=O)CCNC(=O)c1ccc2c(c1)nc(CCC1CCN(C(=O)OCc3ccccc3)CC1)n2C. The zero-order valence-electron chi connectivity index (χ0n) is 21.4. The Morgan fingerprint density at radius 2 is 1.84 bits per heavy atom. The molecule has 0 unspecified atom stereocenters. The first-order valence-corrected chi connectivity index (χ1v) is 12.7. The summed E-state index contributed by atoms with van der Waals surface area (Å²) in [6.45, 7) is 1.92. The summed E-state index contributed by atoms with van der Waals surface area (Å²) in [5.74, 6) is 0.892. The second-order valence-electron chi connectivity index (χ2n) is 9.38. The zero-order chi connectivity index (χ0) is 26.2. The van der Waals surface area contributed by atoms with Gasteiger partial charge >= 0.3 is 12.1 Å². The molecule has 0 bridgehead atoms. The van der Waals surface area contributed by atoms with Crippen molar-refractivity contribution in [3.05, 3.63) is 65.5 Å². The minimum absolute atomic E-state index is 0.131. The molecular weight excluding hydrogens is 472 g/mol. The molecule has 0 atom stereocenters. The molecule has 1 fully saturated rings. The normalized spacial score (nSPS) is 13.9. The van der Waals surface area contributed by atoms with Crippen LogP contribution in [0.1, 0.15) is 47.4 Å². The number of nitrogens with zero attached hydrogens (tertiary/aromatic N) is 3. The topological polar surface area (TPSA) is 103 Å². The molecule has 2 heterocycles. The fraction of sp³-hybridized carbons (Fsp3) is 0.429. The van der Waals surface area contributed by atoms with Gasteiger partial charge in [-0.2, -0.15) is 0 Å². The number of piperidine rings is 1. The smallest absolute Gasteiger partial charge is 0.410 e. The number of hydrogen-bond acceptors (Lipinski definition) is 6. The number of nitrogens with one attached hydrogen (secondary N) is 1. The van der Waals surface area contributed by atoms with Crippen molar-refractivity contribution in [3.8, 4) is 0 Å². The highest BCUT2D eigenvalue weighted by Crippen LogP contribution is 2.24. The number of carbonyl (C=O) groups is 3. The summed E-state index contributed by atoms with van der Waals surface area (Å²) < 4.78 is 12.1. The molecule has 1 N–H and O–H groups in total. The van der Waals surface area contributed by atoms with E-state index in [-0.39, 0.29) is 30.9 Å². The van der Waals surface area contributed by atoms with Crippen LogP contribution in [0.25, 0.3) is 11.0 Å². The molecule has 0 spiro atoms. The molecule has 0 radical (unpaired) electrons. The Kier molecular flexibility index (Phi) is 8.77. The molecule has 37 heavy (non-hydrogen) atoms. The number of imidazole rings is 1. The van der Waals surface area contributed by atoms with Crippen LogP contribution in [0.2, 0.25) is 0 Å². The van der Waals surface area contributed by atoms with Crippen LogP contribution in [0.4, 0.5) is 4.79 Å².